The molecule has 1 atom stereocenters. The van der Waals surface area contributed by atoms with E-state index in [1.807, 2.05) is 44.2 Å². The summed E-state index contributed by atoms with van der Waals surface area (Å²) in [5.41, 5.74) is 5.57. The monoisotopic (exact) mass is 440 g/mol. The molecule has 0 aliphatic carbocycles. The van der Waals surface area contributed by atoms with E-state index in [2.05, 4.69) is 25.6 Å². The fourth-order valence-electron chi connectivity index (χ4n) is 3.37. The summed E-state index contributed by atoms with van der Waals surface area (Å²) in [5, 5.41) is 15.7. The third-order valence-electron chi connectivity index (χ3n) is 5.15. The number of carbonyl (C=O) groups excluding carboxylic acids is 1. The molecule has 1 aromatic carbocycles. The lowest BCUT2D eigenvalue weighted by molar-refractivity contribution is 0.102. The van der Waals surface area contributed by atoms with E-state index >= 15 is 0 Å². The summed E-state index contributed by atoms with van der Waals surface area (Å²) in [7, 11) is 1.66. The maximum absolute atomic E-state index is 12.6. The van der Waals surface area contributed by atoms with Crippen LogP contribution in [-0.4, -0.2) is 38.0 Å². The van der Waals surface area contributed by atoms with Gasteiger partial charge < -0.3 is 10.4 Å². The number of hydrogen-bond donors (Lipinski definition) is 3. The molecule has 3 heterocycles. The van der Waals surface area contributed by atoms with Crippen LogP contribution >= 0.6 is 0 Å². The largest absolute Gasteiger partial charge is 0.373 e. The van der Waals surface area contributed by atoms with Gasteiger partial charge in [0.1, 0.15) is 6.23 Å². The molecule has 4 aromatic rings. The molecule has 0 aliphatic heterocycles. The number of hydrogen-bond acceptors (Lipinski definition) is 7. The predicted molar refractivity (Wildman–Crippen MR) is 126 cm³/mol. The van der Waals surface area contributed by atoms with Crippen LogP contribution in [0.25, 0.3) is 22.6 Å². The van der Waals surface area contributed by atoms with Gasteiger partial charge in [-0.05, 0) is 57.3 Å². The molecule has 8 nitrogen and oxygen atoms in total. The number of carbonyl (C=O) groups is 1. The molecule has 1 unspecified atom stereocenters. The summed E-state index contributed by atoms with van der Waals surface area (Å²) < 4.78 is 0. The molecule has 0 fully saturated rings. The Morgan fingerprint density at radius 1 is 1.00 bits per heavy atom. The minimum absolute atomic E-state index is 0.211. The van der Waals surface area contributed by atoms with Crippen LogP contribution in [0.1, 0.15) is 33.5 Å². The second kappa shape index (κ2) is 9.64. The highest BCUT2D eigenvalue weighted by molar-refractivity contribution is 6.04. The Morgan fingerprint density at radius 3 is 2.61 bits per heavy atom. The highest BCUT2D eigenvalue weighted by Crippen LogP contribution is 2.25. The van der Waals surface area contributed by atoms with E-state index in [0.717, 1.165) is 16.8 Å². The quantitative estimate of drug-likeness (QED) is 0.392. The van der Waals surface area contributed by atoms with Crippen molar-refractivity contribution >= 4 is 11.6 Å². The number of nitrogens with zero attached hydrogens (tertiary/aromatic N) is 4. The molecule has 0 radical (unpaired) electrons. The zero-order valence-electron chi connectivity index (χ0n) is 18.6. The van der Waals surface area contributed by atoms with Crippen molar-refractivity contribution in [3.63, 3.8) is 0 Å². The zero-order chi connectivity index (χ0) is 23.4. The Labute approximate surface area is 191 Å². The molecule has 0 bridgehead atoms. The summed E-state index contributed by atoms with van der Waals surface area (Å²) in [6.45, 7) is 3.81. The van der Waals surface area contributed by atoms with Gasteiger partial charge in [0.05, 0.1) is 23.3 Å². The minimum atomic E-state index is -0.869. The van der Waals surface area contributed by atoms with Gasteiger partial charge in [-0.15, -0.1) is 0 Å². The van der Waals surface area contributed by atoms with E-state index in [1.165, 1.54) is 0 Å². The highest BCUT2D eigenvalue weighted by atomic mass is 16.3. The van der Waals surface area contributed by atoms with Gasteiger partial charge in [-0.25, -0.2) is 9.97 Å². The molecular formula is C25H24N6O2. The van der Waals surface area contributed by atoms with Gasteiger partial charge in [0, 0.05) is 34.8 Å². The van der Waals surface area contributed by atoms with Gasteiger partial charge in [-0.2, -0.15) is 0 Å². The normalized spacial score (nSPS) is 11.8. The number of amides is 1. The van der Waals surface area contributed by atoms with Gasteiger partial charge in [0.2, 0.25) is 0 Å². The Bertz CT molecular complexity index is 1310. The first kappa shape index (κ1) is 22.2. The molecule has 3 N–H and O–H groups in total. The number of nitrogens with one attached hydrogen (secondary N) is 2. The highest BCUT2D eigenvalue weighted by Gasteiger charge is 2.13. The predicted octanol–water partition coefficient (Wildman–Crippen LogP) is 3.68. The Balaban J connectivity index is 1.64. The lowest BCUT2D eigenvalue weighted by Gasteiger charge is -2.11. The van der Waals surface area contributed by atoms with Crippen LogP contribution in [0.3, 0.4) is 0 Å². The molecule has 0 spiro atoms. The summed E-state index contributed by atoms with van der Waals surface area (Å²) in [4.78, 5) is 30.4. The fourth-order valence-corrected chi connectivity index (χ4v) is 3.37. The van der Waals surface area contributed by atoms with Crippen molar-refractivity contribution in [2.24, 2.45) is 0 Å². The van der Waals surface area contributed by atoms with E-state index in [4.69, 9.17) is 4.98 Å². The summed E-state index contributed by atoms with van der Waals surface area (Å²) in [6.07, 6.45) is 4.04. The van der Waals surface area contributed by atoms with Crippen LogP contribution in [0, 0.1) is 13.8 Å². The van der Waals surface area contributed by atoms with Gasteiger partial charge in [-0.3, -0.25) is 20.1 Å². The third kappa shape index (κ3) is 5.08. The lowest BCUT2D eigenvalue weighted by Crippen LogP contribution is -2.16. The van der Waals surface area contributed by atoms with Crippen molar-refractivity contribution in [3.8, 4) is 22.6 Å². The maximum Gasteiger partial charge on any atom is 0.255 e. The average Bonchev–Trinajstić information content (AvgIpc) is 2.85. The Morgan fingerprint density at radius 2 is 1.82 bits per heavy atom. The van der Waals surface area contributed by atoms with Crippen LogP contribution in [0.2, 0.25) is 0 Å². The van der Waals surface area contributed by atoms with E-state index in [1.54, 1.807) is 43.8 Å². The van der Waals surface area contributed by atoms with Crippen LogP contribution in [0.15, 0.2) is 67.1 Å². The standard InChI is InChI=1S/C25H24N6O2/c1-15-5-4-6-18(11-15)24(32)30-19-13-20(16(2)29-14-19)23-28-10-8-21(31-23)17-7-9-27-22(12-17)25(33)26-3/h4-14,25-26,33H,1-3H3,(H,30,32). The summed E-state index contributed by atoms with van der Waals surface area (Å²) in [5.74, 6) is 0.272. The molecule has 4 rings (SSSR count). The number of rotatable bonds is 6. The number of aromatic nitrogens is 4. The van der Waals surface area contributed by atoms with E-state index in [9.17, 15) is 9.90 Å². The van der Waals surface area contributed by atoms with E-state index in [0.29, 0.717) is 34.0 Å². The first-order valence-electron chi connectivity index (χ1n) is 10.4. The number of benzene rings is 1. The molecule has 0 saturated heterocycles. The van der Waals surface area contributed by atoms with Crippen molar-refractivity contribution in [1.29, 1.82) is 0 Å². The molecular weight excluding hydrogens is 416 g/mol. The number of aryl methyl sites for hydroxylation is 2. The first-order valence-corrected chi connectivity index (χ1v) is 10.4. The van der Waals surface area contributed by atoms with Crippen molar-refractivity contribution in [2.45, 2.75) is 20.1 Å². The van der Waals surface area contributed by atoms with Crippen LogP contribution in [0.5, 0.6) is 0 Å². The molecule has 33 heavy (non-hydrogen) atoms. The minimum Gasteiger partial charge on any atom is -0.373 e. The number of aliphatic hydroxyl groups excluding tert-OH is 1. The van der Waals surface area contributed by atoms with Crippen molar-refractivity contribution < 1.29 is 9.90 Å². The average molecular weight is 441 g/mol. The fraction of sp³-hybridized carbons (Fsp3) is 0.160. The van der Waals surface area contributed by atoms with Crippen LogP contribution in [-0.2, 0) is 0 Å². The first-order chi connectivity index (χ1) is 15.9. The third-order valence-corrected chi connectivity index (χ3v) is 5.15. The molecule has 0 saturated carbocycles. The lowest BCUT2D eigenvalue weighted by atomic mass is 10.1. The smallest absolute Gasteiger partial charge is 0.255 e. The van der Waals surface area contributed by atoms with Crippen molar-refractivity contribution in [3.05, 3.63) is 89.6 Å². The van der Waals surface area contributed by atoms with Crippen molar-refractivity contribution in [2.75, 3.05) is 12.4 Å². The molecule has 3 aromatic heterocycles. The van der Waals surface area contributed by atoms with E-state index in [-0.39, 0.29) is 5.91 Å². The Kier molecular flexibility index (Phi) is 6.48. The van der Waals surface area contributed by atoms with Crippen LogP contribution < -0.4 is 10.6 Å². The van der Waals surface area contributed by atoms with Crippen molar-refractivity contribution in [1.82, 2.24) is 25.3 Å². The van der Waals surface area contributed by atoms with Crippen LogP contribution in [0.4, 0.5) is 5.69 Å². The van der Waals surface area contributed by atoms with Gasteiger partial charge in [0.25, 0.3) is 5.91 Å². The second-order valence-corrected chi connectivity index (χ2v) is 7.61. The SMILES string of the molecule is CNC(O)c1cc(-c2ccnc(-c3cc(NC(=O)c4cccc(C)c4)cnc3C)n2)ccn1. The van der Waals surface area contributed by atoms with Gasteiger partial charge in [0.15, 0.2) is 5.82 Å². The summed E-state index contributed by atoms with van der Waals surface area (Å²) in [6, 6.07) is 14.6. The summed E-state index contributed by atoms with van der Waals surface area (Å²) >= 11 is 0. The van der Waals surface area contributed by atoms with Gasteiger partial charge >= 0.3 is 0 Å². The molecule has 8 heteroatoms. The van der Waals surface area contributed by atoms with E-state index < -0.39 is 6.23 Å². The molecule has 1 amide bonds. The molecule has 166 valence electrons. The zero-order valence-corrected chi connectivity index (χ0v) is 18.6. The molecule has 0 aliphatic rings. The topological polar surface area (TPSA) is 113 Å². The Hall–Kier alpha value is -4.01. The second-order valence-electron chi connectivity index (χ2n) is 7.61. The number of anilines is 1. The number of aliphatic hydroxyl groups is 1. The maximum atomic E-state index is 12.6. The van der Waals surface area contributed by atoms with Gasteiger partial charge in [-0.1, -0.05) is 17.7 Å². The number of pyridine rings is 2.